The summed E-state index contributed by atoms with van der Waals surface area (Å²) in [4.78, 5) is 0. The Morgan fingerprint density at radius 2 is 1.60 bits per heavy atom. The first-order valence-corrected chi connectivity index (χ1v) is 5.40. The lowest BCUT2D eigenvalue weighted by molar-refractivity contribution is -0.00506. The SMILES string of the molecule is CC(C)(C#N)CCNC(C)(C)C(C)(C)O. The normalized spacial score (nSPS) is 13.7. The third kappa shape index (κ3) is 4.63. The Morgan fingerprint density at radius 3 is 1.93 bits per heavy atom. The molecule has 0 fully saturated rings. The fourth-order valence-corrected chi connectivity index (χ4v) is 0.960. The van der Waals surface area contributed by atoms with Crippen molar-refractivity contribution < 1.29 is 5.11 Å². The molecule has 0 saturated carbocycles. The van der Waals surface area contributed by atoms with Gasteiger partial charge in [0.05, 0.1) is 17.1 Å². The van der Waals surface area contributed by atoms with E-state index in [1.807, 2.05) is 27.7 Å². The number of rotatable bonds is 5. The predicted octanol–water partition coefficient (Wildman–Crippen LogP) is 2.07. The van der Waals surface area contributed by atoms with Crippen LogP contribution in [-0.4, -0.2) is 22.8 Å². The van der Waals surface area contributed by atoms with E-state index in [1.54, 1.807) is 13.8 Å². The van der Waals surface area contributed by atoms with Crippen molar-refractivity contribution in [2.75, 3.05) is 6.54 Å². The Kier molecular flexibility index (Phi) is 4.33. The van der Waals surface area contributed by atoms with Crippen LogP contribution in [0.2, 0.25) is 0 Å². The summed E-state index contributed by atoms with van der Waals surface area (Å²) in [7, 11) is 0. The van der Waals surface area contributed by atoms with E-state index in [-0.39, 0.29) is 11.0 Å². The molecule has 3 nitrogen and oxygen atoms in total. The monoisotopic (exact) mass is 212 g/mol. The zero-order chi connectivity index (χ0) is 12.3. The molecule has 0 rings (SSSR count). The summed E-state index contributed by atoms with van der Waals surface area (Å²) in [5, 5.41) is 22.0. The molecule has 88 valence electrons. The van der Waals surface area contributed by atoms with Crippen LogP contribution in [0.15, 0.2) is 0 Å². The third-order valence-electron chi connectivity index (χ3n) is 3.15. The highest BCUT2D eigenvalue weighted by molar-refractivity contribution is 4.96. The van der Waals surface area contributed by atoms with Crippen LogP contribution in [0.5, 0.6) is 0 Å². The van der Waals surface area contributed by atoms with E-state index in [1.165, 1.54) is 0 Å². The second-order valence-corrected chi connectivity index (χ2v) is 5.86. The molecule has 0 spiro atoms. The summed E-state index contributed by atoms with van der Waals surface area (Å²) in [6.07, 6.45) is 0.781. The molecular weight excluding hydrogens is 188 g/mol. The zero-order valence-electron chi connectivity index (χ0n) is 10.8. The minimum absolute atomic E-state index is 0.303. The predicted molar refractivity (Wildman–Crippen MR) is 62.4 cm³/mol. The first-order chi connectivity index (χ1) is 6.52. The lowest BCUT2D eigenvalue weighted by atomic mass is 9.85. The summed E-state index contributed by atoms with van der Waals surface area (Å²) < 4.78 is 0. The molecule has 0 aliphatic rings. The molecule has 0 aliphatic carbocycles. The second kappa shape index (κ2) is 4.51. The van der Waals surface area contributed by atoms with Crippen molar-refractivity contribution in [1.29, 1.82) is 5.26 Å². The quantitative estimate of drug-likeness (QED) is 0.733. The van der Waals surface area contributed by atoms with Crippen molar-refractivity contribution >= 4 is 0 Å². The first-order valence-electron chi connectivity index (χ1n) is 5.40. The minimum Gasteiger partial charge on any atom is -0.389 e. The van der Waals surface area contributed by atoms with Crippen LogP contribution in [0.4, 0.5) is 0 Å². The zero-order valence-corrected chi connectivity index (χ0v) is 10.8. The van der Waals surface area contributed by atoms with Gasteiger partial charge in [0.1, 0.15) is 0 Å². The fourth-order valence-electron chi connectivity index (χ4n) is 0.960. The van der Waals surface area contributed by atoms with Crippen LogP contribution in [0, 0.1) is 16.7 Å². The van der Waals surface area contributed by atoms with E-state index in [0.29, 0.717) is 0 Å². The van der Waals surface area contributed by atoms with Crippen molar-refractivity contribution in [2.45, 2.75) is 59.1 Å². The van der Waals surface area contributed by atoms with Gasteiger partial charge >= 0.3 is 0 Å². The Balaban J connectivity index is 4.15. The molecule has 0 bridgehead atoms. The van der Waals surface area contributed by atoms with E-state index in [2.05, 4.69) is 11.4 Å². The first kappa shape index (κ1) is 14.4. The van der Waals surface area contributed by atoms with Crippen LogP contribution in [0.1, 0.15) is 48.0 Å². The maximum atomic E-state index is 9.90. The van der Waals surface area contributed by atoms with Gasteiger partial charge in [-0.1, -0.05) is 0 Å². The highest BCUT2D eigenvalue weighted by Crippen LogP contribution is 2.22. The van der Waals surface area contributed by atoms with Crippen LogP contribution in [-0.2, 0) is 0 Å². The van der Waals surface area contributed by atoms with Crippen molar-refractivity contribution in [3.63, 3.8) is 0 Å². The van der Waals surface area contributed by atoms with E-state index in [9.17, 15) is 5.11 Å². The van der Waals surface area contributed by atoms with Gasteiger partial charge in [-0.15, -0.1) is 0 Å². The topological polar surface area (TPSA) is 56.0 Å². The highest BCUT2D eigenvalue weighted by atomic mass is 16.3. The Hall–Kier alpha value is -0.590. The van der Waals surface area contributed by atoms with Crippen molar-refractivity contribution in [1.82, 2.24) is 5.32 Å². The average molecular weight is 212 g/mol. The maximum absolute atomic E-state index is 9.90. The van der Waals surface area contributed by atoms with Gasteiger partial charge < -0.3 is 10.4 Å². The third-order valence-corrected chi connectivity index (χ3v) is 3.15. The molecular formula is C12H24N2O. The largest absolute Gasteiger partial charge is 0.389 e. The molecule has 0 aromatic heterocycles. The molecule has 0 unspecified atom stereocenters. The fraction of sp³-hybridized carbons (Fsp3) is 0.917. The van der Waals surface area contributed by atoms with Crippen LogP contribution in [0.3, 0.4) is 0 Å². The van der Waals surface area contributed by atoms with Gasteiger partial charge in [0.25, 0.3) is 0 Å². The summed E-state index contributed by atoms with van der Waals surface area (Å²) in [5.41, 5.74) is -1.43. The number of nitrogens with one attached hydrogen (secondary N) is 1. The van der Waals surface area contributed by atoms with Gasteiger partial charge in [-0.05, 0) is 54.5 Å². The lowest BCUT2D eigenvalue weighted by Crippen LogP contribution is -2.56. The highest BCUT2D eigenvalue weighted by Gasteiger charge is 2.34. The Bertz CT molecular complexity index is 243. The summed E-state index contributed by atoms with van der Waals surface area (Å²) >= 11 is 0. The molecule has 0 radical (unpaired) electrons. The Morgan fingerprint density at radius 1 is 1.13 bits per heavy atom. The van der Waals surface area contributed by atoms with E-state index in [0.717, 1.165) is 13.0 Å². The number of hydrogen-bond acceptors (Lipinski definition) is 3. The van der Waals surface area contributed by atoms with Crippen LogP contribution >= 0.6 is 0 Å². The van der Waals surface area contributed by atoms with Gasteiger partial charge in [-0.2, -0.15) is 5.26 Å². The smallest absolute Gasteiger partial charge is 0.0767 e. The van der Waals surface area contributed by atoms with Gasteiger partial charge in [0, 0.05) is 5.54 Å². The van der Waals surface area contributed by atoms with Gasteiger partial charge in [-0.25, -0.2) is 0 Å². The number of nitriles is 1. The number of aliphatic hydroxyl groups is 1. The molecule has 2 N–H and O–H groups in total. The lowest BCUT2D eigenvalue weighted by Gasteiger charge is -2.38. The number of nitrogens with zero attached hydrogens (tertiary/aromatic N) is 1. The van der Waals surface area contributed by atoms with Crippen LogP contribution < -0.4 is 5.32 Å². The second-order valence-electron chi connectivity index (χ2n) is 5.86. The van der Waals surface area contributed by atoms with Crippen molar-refractivity contribution in [3.05, 3.63) is 0 Å². The number of hydrogen-bond donors (Lipinski definition) is 2. The van der Waals surface area contributed by atoms with E-state index >= 15 is 0 Å². The van der Waals surface area contributed by atoms with Crippen molar-refractivity contribution in [2.24, 2.45) is 5.41 Å². The van der Waals surface area contributed by atoms with E-state index < -0.39 is 5.60 Å². The molecule has 3 heteroatoms. The molecule has 0 heterocycles. The molecule has 0 aliphatic heterocycles. The van der Waals surface area contributed by atoms with Gasteiger partial charge in [0.15, 0.2) is 0 Å². The molecule has 0 atom stereocenters. The average Bonchev–Trinajstić information content (AvgIpc) is 2.01. The molecule has 15 heavy (non-hydrogen) atoms. The summed E-state index contributed by atoms with van der Waals surface area (Å²) in [5.74, 6) is 0. The molecule has 0 aromatic rings. The standard InChI is InChI=1S/C12H24N2O/c1-10(2,9-13)7-8-14-11(3,4)12(5,6)15/h14-15H,7-8H2,1-6H3. The summed E-state index contributed by atoms with van der Waals surface area (Å²) in [6.45, 7) is 12.1. The molecule has 0 saturated heterocycles. The minimum atomic E-state index is -0.774. The van der Waals surface area contributed by atoms with Crippen LogP contribution in [0.25, 0.3) is 0 Å². The van der Waals surface area contributed by atoms with Gasteiger partial charge in [0.2, 0.25) is 0 Å². The maximum Gasteiger partial charge on any atom is 0.0767 e. The molecule has 0 aromatic carbocycles. The Labute approximate surface area is 93.5 Å². The van der Waals surface area contributed by atoms with Gasteiger partial charge in [-0.3, -0.25) is 0 Å². The van der Waals surface area contributed by atoms with E-state index in [4.69, 9.17) is 5.26 Å². The molecule has 0 amide bonds. The summed E-state index contributed by atoms with van der Waals surface area (Å²) in [6, 6.07) is 2.26. The van der Waals surface area contributed by atoms with Crippen molar-refractivity contribution in [3.8, 4) is 6.07 Å².